The van der Waals surface area contributed by atoms with Crippen LogP contribution in [0.15, 0.2) is 47.1 Å². The Morgan fingerprint density at radius 3 is 2.67 bits per heavy atom. The Morgan fingerprint density at radius 1 is 0.967 bits per heavy atom. The van der Waals surface area contributed by atoms with Crippen LogP contribution in [0.3, 0.4) is 0 Å². The third-order valence-electron chi connectivity index (χ3n) is 5.63. The monoisotopic (exact) mass is 405 g/mol. The lowest BCUT2D eigenvalue weighted by Crippen LogP contribution is -2.06. The first-order valence-electron chi connectivity index (χ1n) is 11.2. The van der Waals surface area contributed by atoms with Gasteiger partial charge in [0.1, 0.15) is 17.8 Å². The molecular formula is C26H31NO3. The quantitative estimate of drug-likeness (QED) is 0.377. The maximum absolute atomic E-state index is 6.09. The van der Waals surface area contributed by atoms with Gasteiger partial charge in [-0.2, -0.15) is 0 Å². The fraction of sp³-hybridized carbons (Fsp3) is 0.423. The van der Waals surface area contributed by atoms with Gasteiger partial charge in [-0.25, -0.2) is 4.98 Å². The summed E-state index contributed by atoms with van der Waals surface area (Å²) in [6.07, 6.45) is 9.14. The van der Waals surface area contributed by atoms with Crippen LogP contribution in [0.4, 0.5) is 0 Å². The van der Waals surface area contributed by atoms with Crippen LogP contribution in [-0.4, -0.2) is 18.2 Å². The highest BCUT2D eigenvalue weighted by atomic mass is 16.5. The van der Waals surface area contributed by atoms with Gasteiger partial charge in [0.15, 0.2) is 0 Å². The molecule has 0 saturated carbocycles. The summed E-state index contributed by atoms with van der Waals surface area (Å²) in [5.41, 5.74) is 6.11. The van der Waals surface area contributed by atoms with E-state index >= 15 is 0 Å². The molecule has 0 saturated heterocycles. The maximum atomic E-state index is 6.09. The number of rotatable bonds is 10. The van der Waals surface area contributed by atoms with E-state index in [0.29, 0.717) is 19.1 Å². The minimum atomic E-state index is 0.639. The number of nitrogens with zero attached hydrogens (tertiary/aromatic N) is 1. The maximum Gasteiger partial charge on any atom is 0.226 e. The molecule has 0 spiro atoms. The number of fused-ring (bicyclic) bond motifs is 1. The molecule has 0 fully saturated rings. The van der Waals surface area contributed by atoms with Crippen molar-refractivity contribution in [3.63, 3.8) is 0 Å². The van der Waals surface area contributed by atoms with Gasteiger partial charge in [-0.05, 0) is 79.1 Å². The van der Waals surface area contributed by atoms with E-state index in [1.165, 1.54) is 36.0 Å². The van der Waals surface area contributed by atoms with Crippen LogP contribution >= 0.6 is 0 Å². The van der Waals surface area contributed by atoms with Crippen molar-refractivity contribution in [3.05, 3.63) is 65.0 Å². The molecule has 0 amide bonds. The van der Waals surface area contributed by atoms with Gasteiger partial charge < -0.3 is 13.9 Å². The van der Waals surface area contributed by atoms with Crippen molar-refractivity contribution >= 4 is 0 Å². The summed E-state index contributed by atoms with van der Waals surface area (Å²) in [5.74, 6) is 2.60. The molecule has 1 heterocycles. The predicted molar refractivity (Wildman–Crippen MR) is 119 cm³/mol. The number of ether oxygens (including phenoxy) is 2. The highest BCUT2D eigenvalue weighted by Crippen LogP contribution is 2.28. The number of aromatic nitrogens is 1. The second-order valence-corrected chi connectivity index (χ2v) is 7.90. The summed E-state index contributed by atoms with van der Waals surface area (Å²) in [4.78, 5) is 4.54. The van der Waals surface area contributed by atoms with Crippen LogP contribution in [0.1, 0.15) is 55.5 Å². The average molecular weight is 406 g/mol. The molecule has 0 N–H and O–H groups in total. The van der Waals surface area contributed by atoms with Crippen LogP contribution < -0.4 is 9.47 Å². The Kier molecular flexibility index (Phi) is 6.73. The summed E-state index contributed by atoms with van der Waals surface area (Å²) in [6.45, 7) is 5.56. The average Bonchev–Trinajstić information content (AvgIpc) is 3.43. The van der Waals surface area contributed by atoms with Crippen molar-refractivity contribution in [1.82, 2.24) is 4.98 Å². The topological polar surface area (TPSA) is 44.5 Å². The van der Waals surface area contributed by atoms with Crippen molar-refractivity contribution in [3.8, 4) is 23.0 Å². The lowest BCUT2D eigenvalue weighted by molar-refractivity contribution is 0.246. The van der Waals surface area contributed by atoms with Crippen LogP contribution in [0.5, 0.6) is 11.5 Å². The lowest BCUT2D eigenvalue weighted by Gasteiger charge is -2.13. The number of hydrogen-bond acceptors (Lipinski definition) is 4. The molecule has 1 aromatic heterocycles. The van der Waals surface area contributed by atoms with Crippen LogP contribution in [0, 0.1) is 0 Å². The van der Waals surface area contributed by atoms with E-state index in [9.17, 15) is 0 Å². The van der Waals surface area contributed by atoms with E-state index < -0.39 is 0 Å². The summed E-state index contributed by atoms with van der Waals surface area (Å²) >= 11 is 0. The second-order valence-electron chi connectivity index (χ2n) is 7.90. The van der Waals surface area contributed by atoms with Gasteiger partial charge in [-0.15, -0.1) is 0 Å². The van der Waals surface area contributed by atoms with Crippen LogP contribution in [0.2, 0.25) is 0 Å². The molecule has 2 aromatic carbocycles. The minimum absolute atomic E-state index is 0.639. The molecule has 4 nitrogen and oxygen atoms in total. The minimum Gasteiger partial charge on any atom is -0.493 e. The van der Waals surface area contributed by atoms with E-state index in [1.54, 1.807) is 6.26 Å². The zero-order chi connectivity index (χ0) is 20.8. The molecule has 0 bridgehead atoms. The molecule has 0 aliphatic heterocycles. The predicted octanol–water partition coefficient (Wildman–Crippen LogP) is 6.19. The van der Waals surface area contributed by atoms with Crippen molar-refractivity contribution < 1.29 is 13.9 Å². The molecule has 4 heteroatoms. The Hall–Kier alpha value is -2.75. The van der Waals surface area contributed by atoms with Gasteiger partial charge in [0.25, 0.3) is 0 Å². The summed E-state index contributed by atoms with van der Waals surface area (Å²) in [5, 5.41) is 0. The smallest absolute Gasteiger partial charge is 0.226 e. The van der Waals surface area contributed by atoms with Crippen LogP contribution in [0.25, 0.3) is 11.5 Å². The summed E-state index contributed by atoms with van der Waals surface area (Å²) < 4.78 is 17.7. The number of hydrogen-bond donors (Lipinski definition) is 0. The Bertz CT molecular complexity index is 976. The Balaban J connectivity index is 1.31. The normalized spacial score (nSPS) is 12.7. The Labute approximate surface area is 179 Å². The SMILES string of the molecule is CCCc1cc(-c2nc(CC)co2)ccc1OCCCOc1ccc2c(c1)CCC2. The first kappa shape index (κ1) is 20.5. The number of benzene rings is 2. The molecule has 0 radical (unpaired) electrons. The summed E-state index contributed by atoms with van der Waals surface area (Å²) in [6, 6.07) is 12.7. The zero-order valence-corrected chi connectivity index (χ0v) is 18.1. The Morgan fingerprint density at radius 2 is 1.83 bits per heavy atom. The third-order valence-corrected chi connectivity index (χ3v) is 5.63. The van der Waals surface area contributed by atoms with Gasteiger partial charge in [0, 0.05) is 12.0 Å². The first-order valence-corrected chi connectivity index (χ1v) is 11.2. The van der Waals surface area contributed by atoms with Gasteiger partial charge in [0.05, 0.1) is 18.9 Å². The first-order chi connectivity index (χ1) is 14.8. The van der Waals surface area contributed by atoms with Crippen molar-refractivity contribution in [2.45, 2.75) is 58.8 Å². The largest absolute Gasteiger partial charge is 0.493 e. The van der Waals surface area contributed by atoms with Crippen LogP contribution in [-0.2, 0) is 25.7 Å². The summed E-state index contributed by atoms with van der Waals surface area (Å²) in [7, 11) is 0. The number of oxazole rings is 1. The van der Waals surface area contributed by atoms with Crippen molar-refractivity contribution in [2.24, 2.45) is 0 Å². The fourth-order valence-electron chi connectivity index (χ4n) is 3.99. The van der Waals surface area contributed by atoms with Gasteiger partial charge in [-0.1, -0.05) is 26.3 Å². The zero-order valence-electron chi connectivity index (χ0n) is 18.1. The van der Waals surface area contributed by atoms with Gasteiger partial charge in [-0.3, -0.25) is 0 Å². The molecule has 0 atom stereocenters. The third kappa shape index (κ3) is 4.86. The van der Waals surface area contributed by atoms with Crippen molar-refractivity contribution in [1.29, 1.82) is 0 Å². The number of aryl methyl sites for hydroxylation is 4. The van der Waals surface area contributed by atoms with E-state index in [4.69, 9.17) is 13.9 Å². The lowest BCUT2D eigenvalue weighted by atomic mass is 10.1. The molecule has 1 aliphatic carbocycles. The van der Waals surface area contributed by atoms with E-state index in [-0.39, 0.29) is 0 Å². The van der Waals surface area contributed by atoms with Crippen molar-refractivity contribution in [2.75, 3.05) is 13.2 Å². The van der Waals surface area contributed by atoms with E-state index in [1.807, 2.05) is 12.1 Å². The molecule has 3 aromatic rings. The molecular weight excluding hydrogens is 374 g/mol. The van der Waals surface area contributed by atoms with E-state index in [2.05, 4.69) is 43.1 Å². The molecule has 1 aliphatic rings. The standard InChI is InChI=1S/C26H31NO3/c1-3-7-21-16-22(26-27-23(4-2)18-30-26)11-13-25(21)29-15-6-14-28-24-12-10-19-8-5-9-20(19)17-24/h10-13,16-18H,3-9,14-15H2,1-2H3. The van der Waals surface area contributed by atoms with Gasteiger partial charge in [0.2, 0.25) is 5.89 Å². The van der Waals surface area contributed by atoms with E-state index in [0.717, 1.165) is 48.4 Å². The molecule has 158 valence electrons. The van der Waals surface area contributed by atoms with Gasteiger partial charge >= 0.3 is 0 Å². The fourth-order valence-corrected chi connectivity index (χ4v) is 3.99. The highest BCUT2D eigenvalue weighted by molar-refractivity contribution is 5.57. The molecule has 4 rings (SSSR count). The highest BCUT2D eigenvalue weighted by Gasteiger charge is 2.12. The second kappa shape index (κ2) is 9.84. The molecule has 30 heavy (non-hydrogen) atoms. The molecule has 0 unspecified atom stereocenters.